The molecule has 0 radical (unpaired) electrons. The molecule has 0 unspecified atom stereocenters. The first-order valence-corrected chi connectivity index (χ1v) is 47.7. The second-order valence-corrected chi connectivity index (χ2v) is 51.4. The van der Waals surface area contributed by atoms with Crippen LogP contribution in [0.2, 0.25) is 103 Å². The van der Waals surface area contributed by atoms with Gasteiger partial charge in [0.15, 0.2) is 0 Å². The number of benzene rings is 4. The molecule has 4 rings (SSSR count). The topological polar surface area (TPSA) is 153 Å². The van der Waals surface area contributed by atoms with Crippen LogP contribution in [-0.2, 0) is 83.2 Å². The van der Waals surface area contributed by atoms with Gasteiger partial charge in [0.25, 0.3) is 0 Å². The van der Waals surface area contributed by atoms with E-state index in [4.69, 9.17) is 18.9 Å². The minimum absolute atomic E-state index is 0.338. The Balaban J connectivity index is 1.47. The average molecular weight is 1260 g/mol. The van der Waals surface area contributed by atoms with Crippen molar-refractivity contribution in [2.45, 2.75) is 212 Å². The van der Waals surface area contributed by atoms with Gasteiger partial charge in [0.1, 0.15) is 0 Å². The first-order valence-electron chi connectivity index (χ1n) is 32.9. The number of alkyl carbamates (subject to hydrolysis) is 4. The van der Waals surface area contributed by atoms with Crippen molar-refractivity contribution >= 4 is 62.7 Å². The maximum atomic E-state index is 12.5. The Bertz CT molecular complexity index is 2440. The highest BCUT2D eigenvalue weighted by molar-refractivity contribution is 6.77. The third-order valence-electron chi connectivity index (χ3n) is 15.3. The van der Waals surface area contributed by atoms with E-state index in [9.17, 15) is 19.2 Å². The number of carbonyl (C=O) groups excluding carboxylic acids is 4. The normalized spacial score (nSPS) is 11.9. The molecule has 16 heteroatoms. The van der Waals surface area contributed by atoms with Crippen LogP contribution in [0.5, 0.6) is 0 Å². The van der Waals surface area contributed by atoms with Gasteiger partial charge in [0, 0.05) is 58.5 Å². The summed E-state index contributed by atoms with van der Waals surface area (Å²) in [6.07, 6.45) is 16.1. The number of rotatable bonds is 41. The zero-order valence-electron chi connectivity index (χ0n) is 56.1. The number of amides is 4. The van der Waals surface area contributed by atoms with Crippen LogP contribution in [0.25, 0.3) is 6.08 Å². The predicted octanol–water partition coefficient (Wildman–Crippen LogP) is 16.8. The van der Waals surface area contributed by atoms with Crippen molar-refractivity contribution in [3.05, 3.63) is 147 Å². The number of aryl methyl sites for hydroxylation is 10. The summed E-state index contributed by atoms with van der Waals surface area (Å²) in [5.74, 6) is 0. The van der Waals surface area contributed by atoms with Gasteiger partial charge in [-0.2, -0.15) is 0 Å². The van der Waals surface area contributed by atoms with E-state index in [1.165, 1.54) is 55.6 Å². The van der Waals surface area contributed by atoms with E-state index in [-0.39, 0.29) is 24.4 Å². The molecule has 0 aliphatic heterocycles. The van der Waals surface area contributed by atoms with Gasteiger partial charge in [0.05, 0.1) is 26.4 Å². The van der Waals surface area contributed by atoms with Gasteiger partial charge in [0.2, 0.25) is 0 Å². The summed E-state index contributed by atoms with van der Waals surface area (Å²) in [7, 11) is -5.17. The quantitative estimate of drug-likeness (QED) is 0.0195. The average Bonchev–Trinajstić information content (AvgIpc) is 3.60. The van der Waals surface area contributed by atoms with Crippen molar-refractivity contribution in [1.29, 1.82) is 0 Å². The van der Waals surface area contributed by atoms with Crippen molar-refractivity contribution in [2.24, 2.45) is 0 Å². The number of ether oxygens (including phenoxy) is 4. The Labute approximate surface area is 530 Å². The zero-order valence-corrected chi connectivity index (χ0v) is 60.1. The largest absolute Gasteiger partial charge is 0.450 e. The van der Waals surface area contributed by atoms with Gasteiger partial charge in [-0.3, -0.25) is 0 Å². The first kappa shape index (κ1) is 74.0. The van der Waals surface area contributed by atoms with Gasteiger partial charge in [-0.05, 0) is 195 Å². The summed E-state index contributed by atoms with van der Waals surface area (Å²) in [6.45, 7) is 35.4. The highest BCUT2D eigenvalue weighted by Crippen LogP contribution is 2.23. The molecule has 4 aromatic carbocycles. The van der Waals surface area contributed by atoms with Crippen LogP contribution in [0, 0.1) is 0 Å². The minimum atomic E-state index is -1.29. The molecule has 87 heavy (non-hydrogen) atoms. The van der Waals surface area contributed by atoms with E-state index in [2.05, 4.69) is 185 Å². The van der Waals surface area contributed by atoms with Crippen molar-refractivity contribution < 1.29 is 38.1 Å². The highest BCUT2D eigenvalue weighted by atomic mass is 28.3. The maximum Gasteiger partial charge on any atom is 0.407 e. The molecule has 0 spiro atoms. The molecule has 0 heterocycles. The van der Waals surface area contributed by atoms with E-state index >= 15 is 0 Å². The van der Waals surface area contributed by atoms with E-state index < -0.39 is 32.3 Å². The summed E-state index contributed by atoms with van der Waals surface area (Å²) in [5, 5.41) is 11.9. The molecule has 0 aliphatic rings. The van der Waals surface area contributed by atoms with Crippen molar-refractivity contribution in [3.8, 4) is 0 Å². The highest BCUT2D eigenvalue weighted by Gasteiger charge is 2.18. The smallest absolute Gasteiger partial charge is 0.407 e. The molecule has 0 atom stereocenters. The molecular formula is C71H114N4O8Si4. The Kier molecular flexibility index (Phi) is 33.1. The molecule has 4 amide bonds. The summed E-state index contributed by atoms with van der Waals surface area (Å²) >= 11 is 0. The fourth-order valence-electron chi connectivity index (χ4n) is 10.1. The lowest BCUT2D eigenvalue weighted by Crippen LogP contribution is -2.28. The van der Waals surface area contributed by atoms with E-state index in [1.807, 2.05) is 6.08 Å². The Morgan fingerprint density at radius 2 is 0.517 bits per heavy atom. The first-order chi connectivity index (χ1) is 41.2. The lowest BCUT2D eigenvalue weighted by Gasteiger charge is -2.15. The molecule has 4 aromatic rings. The van der Waals surface area contributed by atoms with Gasteiger partial charge in [-0.25, -0.2) is 19.2 Å². The van der Waals surface area contributed by atoms with Crippen LogP contribution >= 0.6 is 0 Å². The van der Waals surface area contributed by atoms with Crippen molar-refractivity contribution in [2.75, 3.05) is 52.6 Å². The van der Waals surface area contributed by atoms with Gasteiger partial charge < -0.3 is 40.2 Å². The summed E-state index contributed by atoms with van der Waals surface area (Å²) in [4.78, 5) is 49.9. The zero-order chi connectivity index (χ0) is 63.7. The summed E-state index contributed by atoms with van der Waals surface area (Å²) in [6, 6.07) is 33.9. The Hall–Kier alpha value is -5.43. The lowest BCUT2D eigenvalue weighted by atomic mass is 9.93. The molecule has 4 N–H and O–H groups in total. The molecule has 0 aliphatic carbocycles. The van der Waals surface area contributed by atoms with Crippen LogP contribution < -0.4 is 21.3 Å². The fourth-order valence-corrected chi connectivity index (χ4v) is 12.9. The number of carbonyl (C=O) groups is 4. The second-order valence-electron chi connectivity index (χ2n) is 28.9. The van der Waals surface area contributed by atoms with Gasteiger partial charge in [-0.1, -0.05) is 170 Å². The van der Waals surface area contributed by atoms with Crippen LogP contribution in [0.4, 0.5) is 19.2 Å². The molecule has 12 nitrogen and oxygen atoms in total. The van der Waals surface area contributed by atoms with Gasteiger partial charge in [-0.15, -0.1) is 0 Å². The summed E-state index contributed by atoms with van der Waals surface area (Å²) in [5.41, 5.74) is 14.3. The third kappa shape index (κ3) is 36.6. The Morgan fingerprint density at radius 1 is 0.322 bits per heavy atom. The molecular weight excluding hydrogens is 1150 g/mol. The predicted molar refractivity (Wildman–Crippen MR) is 375 cm³/mol. The SMILES string of the molecule is C=Cc1ccc(CCCc2cc(CCCc3cc(CCCNC(=O)OCC[Si](C)(C)C)cc(CCCNC(=O)OCC[Si](C)(C)C)c3)cc(CCCc3cc(CCCNC(=O)OCC[Si](C)(C)C)cc(CCCNC(=O)OCC[Si](C)(C)C)c3)c2)cc1. The van der Waals surface area contributed by atoms with E-state index in [0.717, 1.165) is 139 Å². The minimum Gasteiger partial charge on any atom is -0.450 e. The maximum absolute atomic E-state index is 12.5. The van der Waals surface area contributed by atoms with Crippen molar-refractivity contribution in [1.82, 2.24) is 21.3 Å². The molecule has 0 saturated heterocycles. The fraction of sp³-hybridized carbons (Fsp3) is 0.577. The Morgan fingerprint density at radius 3 is 0.713 bits per heavy atom. The molecule has 482 valence electrons. The standard InChI is InChI=1S/C71H114N4O8Si4/c1-14-57-32-34-58(35-33-57)22-15-23-59-48-60(24-16-26-62-51-64(28-18-36-72-68(76)80-40-44-84(2,3)4)55-65(52-62)29-19-37-73-69(77)81-41-45-85(5,6)7)50-61(49-59)25-17-27-63-53-66(30-20-38-74-70(78)82-42-46-86(8,9)10)56-67(54-63)31-21-39-75-71(79)83-43-47-87(11,12)13/h14,32-35,48-56H,1,15-31,36-47H2,2-13H3,(H,72,76)(H,73,77)(H,74,78)(H,75,79). The molecule has 0 bridgehead atoms. The third-order valence-corrected chi connectivity index (χ3v) is 22.1. The number of hydrogen-bond donors (Lipinski definition) is 4. The van der Waals surface area contributed by atoms with Crippen LogP contribution in [-0.4, -0.2) is 109 Å². The molecule has 0 aromatic heterocycles. The van der Waals surface area contributed by atoms with Crippen LogP contribution in [0.1, 0.15) is 106 Å². The monoisotopic (exact) mass is 1260 g/mol. The van der Waals surface area contributed by atoms with Gasteiger partial charge >= 0.3 is 24.4 Å². The molecule has 0 fully saturated rings. The molecule has 0 saturated carbocycles. The van der Waals surface area contributed by atoms with E-state index in [0.29, 0.717) is 52.6 Å². The van der Waals surface area contributed by atoms with Crippen LogP contribution in [0.3, 0.4) is 0 Å². The lowest BCUT2D eigenvalue weighted by molar-refractivity contribution is 0.151. The second kappa shape index (κ2) is 38.9. The number of hydrogen-bond acceptors (Lipinski definition) is 8. The van der Waals surface area contributed by atoms with E-state index in [1.54, 1.807) is 0 Å². The summed E-state index contributed by atoms with van der Waals surface area (Å²) < 4.78 is 22.0. The number of nitrogens with one attached hydrogen (secondary N) is 4. The van der Waals surface area contributed by atoms with Crippen molar-refractivity contribution in [3.63, 3.8) is 0 Å². The van der Waals surface area contributed by atoms with Crippen LogP contribution in [0.15, 0.2) is 85.4 Å².